The number of rotatable bonds is 4. The second-order valence-corrected chi connectivity index (χ2v) is 6.69. The molecule has 21 heavy (non-hydrogen) atoms. The fourth-order valence-electron chi connectivity index (χ4n) is 2.15. The molecule has 1 N–H and O–H groups in total. The van der Waals surface area contributed by atoms with Crippen LogP contribution in [0.2, 0.25) is 5.02 Å². The molecule has 1 aromatic rings. The maximum Gasteiger partial charge on any atom is 0.161 e. The molecule has 0 aromatic heterocycles. The number of aliphatic imine (C=N–C) groups is 1. The minimum absolute atomic E-state index is 0.369. The molecule has 1 aliphatic heterocycles. The molecule has 0 fully saturated rings. The summed E-state index contributed by atoms with van der Waals surface area (Å²) in [6, 6.07) is 3.95. The molecule has 0 bridgehead atoms. The third-order valence-electron chi connectivity index (χ3n) is 3.42. The summed E-state index contributed by atoms with van der Waals surface area (Å²) in [6.45, 7) is 4.40. The molecular weight excluding hydrogens is 308 g/mol. The summed E-state index contributed by atoms with van der Waals surface area (Å²) in [6.07, 6.45) is 1.12. The van der Waals surface area contributed by atoms with E-state index in [-0.39, 0.29) is 0 Å². The van der Waals surface area contributed by atoms with E-state index < -0.39 is 0 Å². The molecule has 0 amide bonds. The molecule has 0 aliphatic carbocycles. The lowest BCUT2D eigenvalue weighted by Crippen LogP contribution is -2.24. The number of hydrogen-bond donors (Lipinski definition) is 1. The Morgan fingerprint density at radius 2 is 2.00 bits per heavy atom. The summed E-state index contributed by atoms with van der Waals surface area (Å²) in [5, 5.41) is 4.78. The summed E-state index contributed by atoms with van der Waals surface area (Å²) in [5.74, 6) is 2.91. The summed E-state index contributed by atoms with van der Waals surface area (Å²) < 4.78 is 10.6. The van der Waals surface area contributed by atoms with Gasteiger partial charge in [-0.25, -0.2) is 0 Å². The van der Waals surface area contributed by atoms with E-state index in [0.29, 0.717) is 28.5 Å². The van der Waals surface area contributed by atoms with Crippen LogP contribution in [0.15, 0.2) is 17.1 Å². The number of methoxy groups -OCH3 is 2. The summed E-state index contributed by atoms with van der Waals surface area (Å²) >= 11 is 7.85. The molecule has 1 unspecified atom stereocenters. The Labute approximate surface area is 135 Å². The Hall–Kier alpha value is -1.07. The van der Waals surface area contributed by atoms with E-state index in [9.17, 15) is 0 Å². The van der Waals surface area contributed by atoms with E-state index in [4.69, 9.17) is 26.1 Å². The highest BCUT2D eigenvalue weighted by molar-refractivity contribution is 8.14. The van der Waals surface area contributed by atoms with Gasteiger partial charge in [0.25, 0.3) is 0 Å². The van der Waals surface area contributed by atoms with Crippen LogP contribution in [0.3, 0.4) is 0 Å². The predicted molar refractivity (Wildman–Crippen MR) is 91.3 cm³/mol. The van der Waals surface area contributed by atoms with Crippen molar-refractivity contribution in [3.63, 3.8) is 0 Å². The molecule has 0 saturated heterocycles. The number of thioether (sulfide) groups is 1. The lowest BCUT2D eigenvalue weighted by Gasteiger charge is -2.24. The van der Waals surface area contributed by atoms with Gasteiger partial charge in [0, 0.05) is 17.9 Å². The quantitative estimate of drug-likeness (QED) is 0.895. The monoisotopic (exact) mass is 328 g/mol. The second kappa shape index (κ2) is 7.27. The second-order valence-electron chi connectivity index (χ2n) is 5.19. The van der Waals surface area contributed by atoms with Gasteiger partial charge in [0.05, 0.1) is 31.0 Å². The summed E-state index contributed by atoms with van der Waals surface area (Å²) in [5.41, 5.74) is 0.814. The first kappa shape index (κ1) is 16.3. The minimum Gasteiger partial charge on any atom is -0.495 e. The summed E-state index contributed by atoms with van der Waals surface area (Å²) in [4.78, 5) is 4.77. The van der Waals surface area contributed by atoms with Crippen molar-refractivity contribution in [3.8, 4) is 11.5 Å². The Morgan fingerprint density at radius 1 is 1.29 bits per heavy atom. The molecule has 1 aliphatic rings. The first-order chi connectivity index (χ1) is 10.0. The van der Waals surface area contributed by atoms with Gasteiger partial charge in [-0.15, -0.1) is 0 Å². The van der Waals surface area contributed by atoms with E-state index in [2.05, 4.69) is 19.2 Å². The number of halogens is 1. The molecule has 4 nitrogen and oxygen atoms in total. The number of nitrogens with zero attached hydrogens (tertiary/aromatic N) is 1. The average molecular weight is 329 g/mol. The normalized spacial score (nSPS) is 18.4. The largest absolute Gasteiger partial charge is 0.495 e. The number of benzene rings is 1. The Balaban J connectivity index is 2.26. The number of hydrogen-bond acceptors (Lipinski definition) is 5. The molecule has 2 rings (SSSR count). The molecule has 0 saturated carbocycles. The third-order valence-corrected chi connectivity index (χ3v) is 4.64. The van der Waals surface area contributed by atoms with Crippen molar-refractivity contribution in [1.82, 2.24) is 0 Å². The fourth-order valence-corrected chi connectivity index (χ4v) is 3.33. The van der Waals surface area contributed by atoms with Crippen molar-refractivity contribution >= 4 is 34.2 Å². The lowest BCUT2D eigenvalue weighted by molar-refractivity contribution is 0.405. The van der Waals surface area contributed by atoms with Crippen LogP contribution >= 0.6 is 23.4 Å². The van der Waals surface area contributed by atoms with Gasteiger partial charge in [0.1, 0.15) is 11.5 Å². The Morgan fingerprint density at radius 3 is 2.62 bits per heavy atom. The Kier molecular flexibility index (Phi) is 5.65. The molecule has 1 heterocycles. The van der Waals surface area contributed by atoms with Gasteiger partial charge in [-0.05, 0) is 12.3 Å². The van der Waals surface area contributed by atoms with Crippen LogP contribution in [0.4, 0.5) is 5.69 Å². The van der Waals surface area contributed by atoms with Gasteiger partial charge in [-0.3, -0.25) is 4.99 Å². The topological polar surface area (TPSA) is 42.8 Å². The Bertz CT molecular complexity index is 535. The lowest BCUT2D eigenvalue weighted by atomic mass is 10.0. The molecular formula is C15H21ClN2O2S. The average Bonchev–Trinajstić information content (AvgIpc) is 2.48. The van der Waals surface area contributed by atoms with Gasteiger partial charge in [0.15, 0.2) is 5.17 Å². The van der Waals surface area contributed by atoms with Crippen LogP contribution in [-0.2, 0) is 0 Å². The molecule has 0 spiro atoms. The fraction of sp³-hybridized carbons (Fsp3) is 0.533. The number of ether oxygens (including phenoxy) is 2. The predicted octanol–water partition coefficient (Wildman–Crippen LogP) is 4.29. The van der Waals surface area contributed by atoms with Crippen LogP contribution in [0.5, 0.6) is 11.5 Å². The maximum atomic E-state index is 6.12. The van der Waals surface area contributed by atoms with E-state index in [0.717, 1.165) is 23.0 Å². The standard InChI is InChI=1S/C15H21ClN2O2S/c1-9(2)11-5-6-21-15(17-11)18-12-8-13(19-3)10(16)7-14(12)20-4/h7-9,11H,5-6H2,1-4H3,(H,17,18). The molecule has 0 radical (unpaired) electrons. The van der Waals surface area contributed by atoms with Gasteiger partial charge in [-0.1, -0.05) is 37.2 Å². The van der Waals surface area contributed by atoms with Crippen LogP contribution in [-0.4, -0.2) is 31.2 Å². The van der Waals surface area contributed by atoms with Crippen molar-refractivity contribution in [1.29, 1.82) is 0 Å². The van der Waals surface area contributed by atoms with Crippen molar-refractivity contribution in [2.45, 2.75) is 26.3 Å². The van der Waals surface area contributed by atoms with E-state index in [1.54, 1.807) is 32.0 Å². The van der Waals surface area contributed by atoms with Gasteiger partial charge < -0.3 is 14.8 Å². The summed E-state index contributed by atoms with van der Waals surface area (Å²) in [7, 11) is 3.22. The highest BCUT2D eigenvalue weighted by Crippen LogP contribution is 2.36. The number of amidine groups is 1. The van der Waals surface area contributed by atoms with Crippen molar-refractivity contribution in [2.75, 3.05) is 25.3 Å². The zero-order chi connectivity index (χ0) is 15.4. The number of nitrogens with one attached hydrogen (secondary N) is 1. The van der Waals surface area contributed by atoms with E-state index >= 15 is 0 Å². The van der Waals surface area contributed by atoms with Gasteiger partial charge in [0.2, 0.25) is 0 Å². The zero-order valence-corrected chi connectivity index (χ0v) is 14.3. The van der Waals surface area contributed by atoms with Crippen LogP contribution in [0.1, 0.15) is 20.3 Å². The zero-order valence-electron chi connectivity index (χ0n) is 12.8. The van der Waals surface area contributed by atoms with Gasteiger partial charge >= 0.3 is 0 Å². The first-order valence-electron chi connectivity index (χ1n) is 6.94. The molecule has 6 heteroatoms. The highest BCUT2D eigenvalue weighted by atomic mass is 35.5. The molecule has 1 atom stereocenters. The molecule has 116 valence electrons. The van der Waals surface area contributed by atoms with Crippen LogP contribution < -0.4 is 14.8 Å². The van der Waals surface area contributed by atoms with E-state index in [1.807, 2.05) is 6.07 Å². The molecule has 1 aromatic carbocycles. The van der Waals surface area contributed by atoms with Crippen molar-refractivity contribution in [3.05, 3.63) is 17.2 Å². The maximum absolute atomic E-state index is 6.12. The SMILES string of the molecule is COc1cc(NC2=NC(C(C)C)CCS2)c(OC)cc1Cl. The third kappa shape index (κ3) is 3.98. The smallest absolute Gasteiger partial charge is 0.161 e. The van der Waals surface area contributed by atoms with Crippen LogP contribution in [0.25, 0.3) is 0 Å². The van der Waals surface area contributed by atoms with Crippen molar-refractivity contribution < 1.29 is 9.47 Å². The number of anilines is 1. The van der Waals surface area contributed by atoms with Crippen LogP contribution in [0, 0.1) is 5.92 Å². The van der Waals surface area contributed by atoms with Crippen molar-refractivity contribution in [2.24, 2.45) is 10.9 Å². The highest BCUT2D eigenvalue weighted by Gasteiger charge is 2.20. The van der Waals surface area contributed by atoms with Gasteiger partial charge in [-0.2, -0.15) is 0 Å². The van der Waals surface area contributed by atoms with E-state index in [1.165, 1.54) is 0 Å². The minimum atomic E-state index is 0.369. The first-order valence-corrected chi connectivity index (χ1v) is 8.30.